The van der Waals surface area contributed by atoms with Crippen molar-refractivity contribution in [3.8, 4) is 23.3 Å². The molecule has 6 aromatic rings. The number of fused-ring (bicyclic) bond motifs is 2. The number of nitrogens with zero attached hydrogens (tertiary/aromatic N) is 9. The number of aromatic nitrogens is 8. The molecule has 2 aromatic carbocycles. The van der Waals surface area contributed by atoms with Gasteiger partial charge in [0.2, 0.25) is 23.7 Å². The average molecular weight is 956 g/mol. The van der Waals surface area contributed by atoms with Crippen LogP contribution in [0.2, 0.25) is 0 Å². The Bertz CT molecular complexity index is 3080. The summed E-state index contributed by atoms with van der Waals surface area (Å²) >= 11 is 0. The fourth-order valence-corrected chi connectivity index (χ4v) is 8.92. The molecule has 1 saturated heterocycles. The number of ether oxygens (including phenoxy) is 3. The van der Waals surface area contributed by atoms with Crippen LogP contribution in [0.4, 0.5) is 16.7 Å². The smallest absolute Gasteiger partial charge is 0.410 e. The van der Waals surface area contributed by atoms with Crippen LogP contribution in [-0.2, 0) is 30.9 Å². The van der Waals surface area contributed by atoms with Crippen LogP contribution < -0.4 is 31.6 Å². The lowest BCUT2D eigenvalue weighted by atomic mass is 9.98. The van der Waals surface area contributed by atoms with Gasteiger partial charge >= 0.3 is 6.09 Å². The van der Waals surface area contributed by atoms with E-state index in [0.29, 0.717) is 89.6 Å². The van der Waals surface area contributed by atoms with Gasteiger partial charge in [0.1, 0.15) is 46.6 Å². The van der Waals surface area contributed by atoms with E-state index in [1.165, 1.54) is 31.4 Å². The first-order valence-electron chi connectivity index (χ1n) is 23.4. The van der Waals surface area contributed by atoms with E-state index in [-0.39, 0.29) is 66.6 Å². The Balaban J connectivity index is 1.10. The van der Waals surface area contributed by atoms with Crippen molar-refractivity contribution in [2.45, 2.75) is 98.5 Å². The molecular formula is C49H57N13O8. The first kappa shape index (κ1) is 48.3. The van der Waals surface area contributed by atoms with Gasteiger partial charge in [-0.25, -0.2) is 14.8 Å². The Kier molecular flexibility index (Phi) is 14.5. The van der Waals surface area contributed by atoms with Gasteiger partial charge in [-0.2, -0.15) is 10.2 Å². The molecule has 0 unspecified atom stereocenters. The minimum atomic E-state index is -0.707. The number of methoxy groups -OCH3 is 1. The lowest BCUT2D eigenvalue weighted by Gasteiger charge is -2.30. The number of anilines is 2. The van der Waals surface area contributed by atoms with Crippen LogP contribution in [0.25, 0.3) is 22.1 Å². The number of benzene rings is 2. The second-order valence-corrected chi connectivity index (χ2v) is 17.2. The molecule has 8 rings (SSSR count). The van der Waals surface area contributed by atoms with Crippen LogP contribution in [0.5, 0.6) is 11.5 Å². The monoisotopic (exact) mass is 955 g/mol. The SMILES string of the molecule is CCn1nc(C)cc1C(=O)Nc1nc2cc(C(N)=O)cc(OC)c2n1C/C=C/Cn1c(NC(=O)c2cc(C)nn2CC)nc2cc(C(N)=O)cc(OCC#CC3CCN(C(=O)OC4CCCC4)CC3)c21. The number of primary amides is 2. The minimum Gasteiger partial charge on any atom is -0.494 e. The molecular weight excluding hydrogens is 899 g/mol. The number of carbonyl (C=O) groups excluding carboxylic acids is 5. The molecule has 2 fully saturated rings. The number of amides is 5. The molecule has 21 nitrogen and oxygen atoms in total. The Morgan fingerprint density at radius 2 is 1.23 bits per heavy atom. The van der Waals surface area contributed by atoms with Crippen LogP contribution in [0.1, 0.15) is 105 Å². The number of nitrogens with one attached hydrogen (secondary N) is 2. The molecule has 5 heterocycles. The molecule has 1 aliphatic heterocycles. The van der Waals surface area contributed by atoms with Crippen molar-refractivity contribution >= 4 is 63.7 Å². The first-order valence-corrected chi connectivity index (χ1v) is 23.4. The van der Waals surface area contributed by atoms with Crippen molar-refractivity contribution < 1.29 is 38.2 Å². The number of hydrogen-bond acceptors (Lipinski definition) is 12. The van der Waals surface area contributed by atoms with E-state index in [1.807, 2.05) is 26.0 Å². The molecule has 1 aliphatic carbocycles. The van der Waals surface area contributed by atoms with Crippen molar-refractivity contribution in [2.75, 3.05) is 37.4 Å². The summed E-state index contributed by atoms with van der Waals surface area (Å²) in [5, 5.41) is 14.7. The summed E-state index contributed by atoms with van der Waals surface area (Å²) in [5.74, 6) is 5.03. The van der Waals surface area contributed by atoms with Crippen LogP contribution in [0, 0.1) is 31.6 Å². The molecule has 2 aliphatic rings. The summed E-state index contributed by atoms with van der Waals surface area (Å²) < 4.78 is 24.4. The minimum absolute atomic E-state index is 0.00591. The van der Waals surface area contributed by atoms with Gasteiger partial charge in [0, 0.05) is 56.3 Å². The number of imidazole rings is 2. The van der Waals surface area contributed by atoms with E-state index >= 15 is 0 Å². The maximum absolute atomic E-state index is 13.9. The zero-order chi connectivity index (χ0) is 49.6. The molecule has 0 radical (unpaired) electrons. The van der Waals surface area contributed by atoms with Gasteiger partial charge in [0.05, 0.1) is 29.5 Å². The van der Waals surface area contributed by atoms with Crippen molar-refractivity contribution in [1.82, 2.24) is 43.6 Å². The van der Waals surface area contributed by atoms with Crippen molar-refractivity contribution in [1.29, 1.82) is 0 Å². The number of carbonyl (C=O) groups is 5. The third-order valence-corrected chi connectivity index (χ3v) is 12.4. The topological polar surface area (TPSA) is 264 Å². The summed E-state index contributed by atoms with van der Waals surface area (Å²) in [7, 11) is 1.46. The van der Waals surface area contributed by atoms with Gasteiger partial charge in [-0.3, -0.25) is 39.2 Å². The lowest BCUT2D eigenvalue weighted by molar-refractivity contribution is 0.0577. The van der Waals surface area contributed by atoms with Crippen molar-refractivity contribution in [3.05, 3.63) is 82.5 Å². The number of rotatable bonds is 16. The van der Waals surface area contributed by atoms with Crippen LogP contribution >= 0.6 is 0 Å². The van der Waals surface area contributed by atoms with Crippen molar-refractivity contribution in [2.24, 2.45) is 17.4 Å². The quantitative estimate of drug-likeness (QED) is 0.0685. The Hall–Kier alpha value is -8.15. The lowest BCUT2D eigenvalue weighted by Crippen LogP contribution is -2.39. The van der Waals surface area contributed by atoms with Gasteiger partial charge in [-0.05, 0) is 103 Å². The predicted octanol–water partition coefficient (Wildman–Crippen LogP) is 5.58. The maximum Gasteiger partial charge on any atom is 0.410 e. The summed E-state index contributed by atoms with van der Waals surface area (Å²) in [4.78, 5) is 76.6. The van der Waals surface area contributed by atoms with Crippen LogP contribution in [0.3, 0.4) is 0 Å². The molecule has 0 bridgehead atoms. The molecule has 6 N–H and O–H groups in total. The average Bonchev–Trinajstić information content (AvgIpc) is 4.20. The molecule has 1 saturated carbocycles. The molecule has 5 amide bonds. The molecule has 4 aromatic heterocycles. The maximum atomic E-state index is 13.9. The second-order valence-electron chi connectivity index (χ2n) is 17.2. The van der Waals surface area contributed by atoms with Gasteiger partial charge in [-0.15, -0.1) is 0 Å². The van der Waals surface area contributed by atoms with Crippen molar-refractivity contribution in [3.63, 3.8) is 0 Å². The van der Waals surface area contributed by atoms with Gasteiger partial charge in [0.25, 0.3) is 11.8 Å². The van der Waals surface area contributed by atoms with Gasteiger partial charge in [-0.1, -0.05) is 24.0 Å². The second kappa shape index (κ2) is 21.0. The fourth-order valence-electron chi connectivity index (χ4n) is 8.92. The van der Waals surface area contributed by atoms with E-state index in [2.05, 4.69) is 32.7 Å². The molecule has 366 valence electrons. The molecule has 0 atom stereocenters. The highest BCUT2D eigenvalue weighted by Gasteiger charge is 2.27. The standard InChI is InChI=1S/C49H57N13O8/c1-6-61-37(23-29(3)56-61)45(65)54-47-52-35-25-32(43(50)63)27-39(68-5)41(35)59(47)18-10-11-19-60-42-36(53-48(60)55-46(66)38-24-30(4)57-62(38)7-2)26-33(44(51)64)28-40(42)69-22-12-13-31-16-20-58(21-17-31)49(67)70-34-14-8-9-15-34/h10-11,23-28,31,34H,6-9,14-22H2,1-5H3,(H2,50,63)(H2,51,64)(H,52,54,65)(H,53,55,66)/b11-10+. The molecule has 21 heteroatoms. The Morgan fingerprint density at radius 1 is 0.729 bits per heavy atom. The van der Waals surface area contributed by atoms with Crippen LogP contribution in [-0.4, -0.2) is 106 Å². The number of piperidine rings is 1. The predicted molar refractivity (Wildman–Crippen MR) is 260 cm³/mol. The number of likely N-dealkylation sites (tertiary alicyclic amines) is 1. The van der Waals surface area contributed by atoms with Crippen LogP contribution in [0.15, 0.2) is 48.6 Å². The molecule has 0 spiro atoms. The first-order chi connectivity index (χ1) is 33.7. The summed E-state index contributed by atoms with van der Waals surface area (Å²) in [6, 6.07) is 9.45. The Morgan fingerprint density at radius 3 is 1.71 bits per heavy atom. The van der Waals surface area contributed by atoms with E-state index in [4.69, 9.17) is 35.6 Å². The number of nitrogens with two attached hydrogens (primary N) is 2. The Labute approximate surface area is 403 Å². The zero-order valence-corrected chi connectivity index (χ0v) is 39.9. The number of aryl methyl sites for hydroxylation is 4. The number of allylic oxidation sites excluding steroid dienone is 2. The summed E-state index contributed by atoms with van der Waals surface area (Å²) in [6.45, 7) is 9.58. The number of hydrogen-bond donors (Lipinski definition) is 4. The van der Waals surface area contributed by atoms with E-state index in [1.54, 1.807) is 49.4 Å². The highest BCUT2D eigenvalue weighted by molar-refractivity contribution is 6.05. The molecule has 70 heavy (non-hydrogen) atoms. The third kappa shape index (κ3) is 10.4. The van der Waals surface area contributed by atoms with E-state index < -0.39 is 23.6 Å². The fraction of sp³-hybridized carbons (Fsp3) is 0.408. The highest BCUT2D eigenvalue weighted by Crippen LogP contribution is 2.33. The largest absolute Gasteiger partial charge is 0.494 e. The normalized spacial score (nSPS) is 14.3. The zero-order valence-electron chi connectivity index (χ0n) is 39.9. The van der Waals surface area contributed by atoms with Gasteiger partial charge < -0.3 is 39.7 Å². The highest BCUT2D eigenvalue weighted by atomic mass is 16.6. The summed E-state index contributed by atoms with van der Waals surface area (Å²) in [5.41, 5.74) is 15.4. The van der Waals surface area contributed by atoms with E-state index in [0.717, 1.165) is 25.7 Å². The van der Waals surface area contributed by atoms with E-state index in [9.17, 15) is 24.0 Å². The third-order valence-electron chi connectivity index (χ3n) is 12.4. The van der Waals surface area contributed by atoms with Gasteiger partial charge in [0.15, 0.2) is 0 Å². The summed E-state index contributed by atoms with van der Waals surface area (Å²) in [6.07, 6.45) is 8.80.